The second-order valence-electron chi connectivity index (χ2n) is 4.72. The number of ether oxygens (including phenoxy) is 1. The second-order valence-corrected chi connectivity index (χ2v) is 4.72. The molecule has 0 aliphatic heterocycles. The van der Waals surface area contributed by atoms with Crippen LogP contribution in [0.5, 0.6) is 5.75 Å². The van der Waals surface area contributed by atoms with Crippen molar-refractivity contribution in [1.29, 1.82) is 5.26 Å². The van der Waals surface area contributed by atoms with Gasteiger partial charge in [0.2, 0.25) is 0 Å². The number of hydrogen-bond donors (Lipinski definition) is 1. The van der Waals surface area contributed by atoms with Gasteiger partial charge in [-0.25, -0.2) is 4.98 Å². The van der Waals surface area contributed by atoms with Crippen LogP contribution < -0.4 is 10.1 Å². The summed E-state index contributed by atoms with van der Waals surface area (Å²) < 4.78 is 5.19. The van der Waals surface area contributed by atoms with E-state index < -0.39 is 0 Å². The van der Waals surface area contributed by atoms with Crippen LogP contribution >= 0.6 is 0 Å². The van der Waals surface area contributed by atoms with Gasteiger partial charge in [-0.05, 0) is 56.2 Å². The number of nitrogens with one attached hydrogen (secondary N) is 1. The van der Waals surface area contributed by atoms with Crippen LogP contribution in [-0.4, -0.2) is 12.1 Å². The molecular weight excluding hydrogens is 250 g/mol. The number of anilines is 2. The van der Waals surface area contributed by atoms with Gasteiger partial charge in [0, 0.05) is 11.4 Å². The van der Waals surface area contributed by atoms with Gasteiger partial charge in [-0.2, -0.15) is 5.26 Å². The number of methoxy groups -OCH3 is 1. The number of hydrogen-bond acceptors (Lipinski definition) is 4. The molecule has 0 aliphatic carbocycles. The van der Waals surface area contributed by atoms with Gasteiger partial charge in [-0.3, -0.25) is 0 Å². The molecule has 0 atom stereocenters. The van der Waals surface area contributed by atoms with E-state index in [0.717, 1.165) is 28.3 Å². The van der Waals surface area contributed by atoms with Crippen LogP contribution in [-0.2, 0) is 0 Å². The molecule has 2 aromatic rings. The summed E-state index contributed by atoms with van der Waals surface area (Å²) in [6, 6.07) is 9.86. The van der Waals surface area contributed by atoms with Crippen molar-refractivity contribution >= 4 is 11.5 Å². The molecule has 1 aromatic heterocycles. The highest BCUT2D eigenvalue weighted by molar-refractivity contribution is 5.67. The molecule has 0 spiro atoms. The molecule has 1 heterocycles. The summed E-state index contributed by atoms with van der Waals surface area (Å²) in [5, 5.41) is 12.5. The lowest BCUT2D eigenvalue weighted by Gasteiger charge is -2.13. The van der Waals surface area contributed by atoms with E-state index in [2.05, 4.69) is 16.4 Å². The third-order valence-electron chi connectivity index (χ3n) is 3.14. The molecule has 102 valence electrons. The third-order valence-corrected chi connectivity index (χ3v) is 3.14. The van der Waals surface area contributed by atoms with E-state index in [1.165, 1.54) is 0 Å². The molecule has 0 radical (unpaired) electrons. The minimum atomic E-state index is 0.575. The normalized spacial score (nSPS) is 9.95. The largest absolute Gasteiger partial charge is 0.497 e. The van der Waals surface area contributed by atoms with Crippen molar-refractivity contribution in [1.82, 2.24) is 4.98 Å². The fourth-order valence-electron chi connectivity index (χ4n) is 2.10. The molecule has 0 aliphatic rings. The summed E-state index contributed by atoms with van der Waals surface area (Å²) in [6.07, 6.45) is 0. The summed E-state index contributed by atoms with van der Waals surface area (Å²) >= 11 is 0. The molecule has 0 bridgehead atoms. The molecular formula is C16H17N3O. The molecule has 1 aromatic carbocycles. The lowest BCUT2D eigenvalue weighted by atomic mass is 10.1. The Morgan fingerprint density at radius 1 is 1.15 bits per heavy atom. The molecule has 0 saturated carbocycles. The maximum atomic E-state index is 9.27. The average molecular weight is 267 g/mol. The number of rotatable bonds is 3. The monoisotopic (exact) mass is 267 g/mol. The predicted molar refractivity (Wildman–Crippen MR) is 79.4 cm³/mol. The van der Waals surface area contributed by atoms with E-state index in [9.17, 15) is 5.26 Å². The Hall–Kier alpha value is -2.54. The van der Waals surface area contributed by atoms with Crippen molar-refractivity contribution in [3.05, 3.63) is 46.6 Å². The van der Waals surface area contributed by atoms with E-state index in [1.807, 2.05) is 45.0 Å². The van der Waals surface area contributed by atoms with Crippen LogP contribution in [0.2, 0.25) is 0 Å². The lowest BCUT2D eigenvalue weighted by molar-refractivity contribution is 0.414. The van der Waals surface area contributed by atoms with Gasteiger partial charge < -0.3 is 10.1 Å². The van der Waals surface area contributed by atoms with Crippen molar-refractivity contribution in [3.8, 4) is 11.8 Å². The molecule has 4 heteroatoms. The molecule has 0 saturated heterocycles. The molecule has 1 N–H and O–H groups in total. The standard InChI is InChI=1S/C16H17N3O/c1-10-7-12(3)18-16(14(10)9-17)19-15-6-5-13(20-4)8-11(15)2/h5-8H,1-4H3,(H,18,19). The highest BCUT2D eigenvalue weighted by Gasteiger charge is 2.10. The third kappa shape index (κ3) is 2.72. The minimum Gasteiger partial charge on any atom is -0.497 e. The van der Waals surface area contributed by atoms with Crippen LogP contribution in [0.3, 0.4) is 0 Å². The summed E-state index contributed by atoms with van der Waals surface area (Å²) in [7, 11) is 1.64. The zero-order valence-electron chi connectivity index (χ0n) is 12.1. The Kier molecular flexibility index (Phi) is 3.90. The summed E-state index contributed by atoms with van der Waals surface area (Å²) in [6.45, 7) is 5.82. The minimum absolute atomic E-state index is 0.575. The van der Waals surface area contributed by atoms with Crippen LogP contribution in [0, 0.1) is 32.1 Å². The van der Waals surface area contributed by atoms with E-state index in [-0.39, 0.29) is 0 Å². The summed E-state index contributed by atoms with van der Waals surface area (Å²) in [5.41, 5.74) is 4.34. The Balaban J connectivity index is 2.42. The number of benzene rings is 1. The maximum Gasteiger partial charge on any atom is 0.148 e. The number of nitrogens with zero attached hydrogens (tertiary/aromatic N) is 2. The molecule has 4 nitrogen and oxygen atoms in total. The Morgan fingerprint density at radius 2 is 1.90 bits per heavy atom. The smallest absolute Gasteiger partial charge is 0.148 e. The van der Waals surface area contributed by atoms with Gasteiger partial charge in [0.15, 0.2) is 0 Å². The van der Waals surface area contributed by atoms with Crippen LogP contribution in [0.25, 0.3) is 0 Å². The SMILES string of the molecule is COc1ccc(Nc2nc(C)cc(C)c2C#N)c(C)c1. The number of pyridine rings is 1. The Labute approximate surface area is 119 Å². The summed E-state index contributed by atoms with van der Waals surface area (Å²) in [5.74, 6) is 1.40. The lowest BCUT2D eigenvalue weighted by Crippen LogP contribution is -2.02. The van der Waals surface area contributed by atoms with Crippen molar-refractivity contribution in [2.45, 2.75) is 20.8 Å². The number of nitriles is 1. The number of aromatic nitrogens is 1. The van der Waals surface area contributed by atoms with Gasteiger partial charge in [0.25, 0.3) is 0 Å². The van der Waals surface area contributed by atoms with E-state index in [0.29, 0.717) is 11.4 Å². The van der Waals surface area contributed by atoms with Gasteiger partial charge >= 0.3 is 0 Å². The molecule has 2 rings (SSSR count). The summed E-state index contributed by atoms with van der Waals surface area (Å²) in [4.78, 5) is 4.42. The molecule has 20 heavy (non-hydrogen) atoms. The van der Waals surface area contributed by atoms with Gasteiger partial charge in [-0.15, -0.1) is 0 Å². The first-order valence-corrected chi connectivity index (χ1v) is 6.35. The van der Waals surface area contributed by atoms with Gasteiger partial charge in [-0.1, -0.05) is 0 Å². The van der Waals surface area contributed by atoms with Gasteiger partial charge in [0.1, 0.15) is 17.6 Å². The van der Waals surface area contributed by atoms with Crippen molar-refractivity contribution in [2.24, 2.45) is 0 Å². The zero-order chi connectivity index (χ0) is 14.7. The first kappa shape index (κ1) is 13.9. The van der Waals surface area contributed by atoms with Crippen molar-refractivity contribution < 1.29 is 4.74 Å². The van der Waals surface area contributed by atoms with Crippen molar-refractivity contribution in [2.75, 3.05) is 12.4 Å². The zero-order valence-corrected chi connectivity index (χ0v) is 12.1. The predicted octanol–water partition coefficient (Wildman–Crippen LogP) is 3.63. The molecule has 0 amide bonds. The molecule has 0 unspecified atom stereocenters. The first-order valence-electron chi connectivity index (χ1n) is 6.35. The van der Waals surface area contributed by atoms with Crippen LogP contribution in [0.4, 0.5) is 11.5 Å². The average Bonchev–Trinajstić information content (AvgIpc) is 2.40. The first-order chi connectivity index (χ1) is 9.55. The fourth-order valence-corrected chi connectivity index (χ4v) is 2.10. The highest BCUT2D eigenvalue weighted by atomic mass is 16.5. The Morgan fingerprint density at radius 3 is 2.50 bits per heavy atom. The molecule has 0 fully saturated rings. The van der Waals surface area contributed by atoms with Crippen LogP contribution in [0.15, 0.2) is 24.3 Å². The second kappa shape index (κ2) is 5.62. The maximum absolute atomic E-state index is 9.27. The quantitative estimate of drug-likeness (QED) is 0.922. The Bertz CT molecular complexity index is 687. The number of aryl methyl sites for hydroxylation is 3. The topological polar surface area (TPSA) is 57.9 Å². The van der Waals surface area contributed by atoms with Crippen molar-refractivity contribution in [3.63, 3.8) is 0 Å². The van der Waals surface area contributed by atoms with E-state index in [1.54, 1.807) is 7.11 Å². The van der Waals surface area contributed by atoms with E-state index in [4.69, 9.17) is 4.74 Å². The highest BCUT2D eigenvalue weighted by Crippen LogP contribution is 2.26. The van der Waals surface area contributed by atoms with Gasteiger partial charge in [0.05, 0.1) is 12.7 Å². The fraction of sp³-hybridized carbons (Fsp3) is 0.250. The van der Waals surface area contributed by atoms with E-state index >= 15 is 0 Å². The van der Waals surface area contributed by atoms with Crippen LogP contribution in [0.1, 0.15) is 22.4 Å².